The van der Waals surface area contributed by atoms with Crippen molar-refractivity contribution in [1.82, 2.24) is 15.0 Å². The Bertz CT molecular complexity index is 1060. The Morgan fingerprint density at radius 2 is 1.52 bits per heavy atom. The smallest absolute Gasteiger partial charge is 0.222 e. The van der Waals surface area contributed by atoms with E-state index in [-0.39, 0.29) is 17.6 Å². The van der Waals surface area contributed by atoms with Crippen LogP contribution in [0.15, 0.2) is 24.3 Å². The third kappa shape index (κ3) is 3.99. The maximum Gasteiger partial charge on any atom is 0.222 e. The molecule has 2 amide bonds. The molecule has 0 aliphatic carbocycles. The number of pyridine rings is 1. The fourth-order valence-electron chi connectivity index (χ4n) is 2.63. The van der Waals surface area contributed by atoms with Gasteiger partial charge in [0.25, 0.3) is 0 Å². The van der Waals surface area contributed by atoms with Crippen molar-refractivity contribution >= 4 is 57.7 Å². The zero-order valence-electron chi connectivity index (χ0n) is 14.7. The summed E-state index contributed by atoms with van der Waals surface area (Å²) in [7, 11) is 0. The number of amides is 2. The lowest BCUT2D eigenvalue weighted by Crippen LogP contribution is -2.12. The number of nitrogens with one attached hydrogen (secondary N) is 2. The van der Waals surface area contributed by atoms with E-state index in [1.807, 2.05) is 0 Å². The van der Waals surface area contributed by atoms with Crippen LogP contribution in [0.2, 0.25) is 10.0 Å². The van der Waals surface area contributed by atoms with Gasteiger partial charge in [0.15, 0.2) is 5.65 Å². The fraction of sp³-hybridized carbons (Fsp3) is 0.167. The summed E-state index contributed by atoms with van der Waals surface area (Å²) in [6.45, 7) is 4.44. The van der Waals surface area contributed by atoms with Crippen LogP contribution < -0.4 is 10.6 Å². The van der Waals surface area contributed by atoms with E-state index in [1.54, 1.807) is 31.2 Å². The highest BCUT2D eigenvalue weighted by molar-refractivity contribution is 6.39. The van der Waals surface area contributed by atoms with Crippen LogP contribution in [0.25, 0.3) is 22.2 Å². The van der Waals surface area contributed by atoms with E-state index in [9.17, 15) is 9.59 Å². The van der Waals surface area contributed by atoms with Crippen molar-refractivity contribution in [1.29, 1.82) is 0 Å². The van der Waals surface area contributed by atoms with Crippen LogP contribution in [0.3, 0.4) is 0 Å². The monoisotopic (exact) mass is 403 g/mol. The Morgan fingerprint density at radius 3 is 2.11 bits per heavy atom. The van der Waals surface area contributed by atoms with Crippen LogP contribution in [-0.4, -0.2) is 26.8 Å². The van der Waals surface area contributed by atoms with Crippen molar-refractivity contribution in [2.24, 2.45) is 0 Å². The molecule has 1 aromatic carbocycles. The van der Waals surface area contributed by atoms with Crippen LogP contribution in [0.5, 0.6) is 0 Å². The molecule has 3 aromatic rings. The second kappa shape index (κ2) is 7.46. The first-order valence-corrected chi connectivity index (χ1v) is 8.71. The molecule has 0 atom stereocenters. The molecule has 27 heavy (non-hydrogen) atoms. The molecular formula is C18H15Cl2N5O2. The van der Waals surface area contributed by atoms with Crippen molar-refractivity contribution in [3.05, 3.63) is 40.1 Å². The van der Waals surface area contributed by atoms with Crippen molar-refractivity contribution in [2.75, 3.05) is 10.6 Å². The number of halogens is 2. The Balaban J connectivity index is 2.37. The lowest BCUT2D eigenvalue weighted by molar-refractivity contribution is -0.115. The summed E-state index contributed by atoms with van der Waals surface area (Å²) in [4.78, 5) is 36.3. The van der Waals surface area contributed by atoms with Crippen LogP contribution in [-0.2, 0) is 9.59 Å². The van der Waals surface area contributed by atoms with Crippen molar-refractivity contribution in [3.8, 4) is 11.1 Å². The van der Waals surface area contributed by atoms with E-state index in [4.69, 9.17) is 23.2 Å². The van der Waals surface area contributed by atoms with Crippen LogP contribution in [0.1, 0.15) is 19.7 Å². The number of anilines is 2. The standard InChI is InChI=1S/C18H15Cl2N5O2/c1-8-21-17(24-10(3)27)12-7-11(15-13(19)5-4-6-14(15)20)16(23-9(2)26)25-18(12)22-8/h4-7H,1-3H3,(H2,21,22,23,24,25,26,27). The molecule has 2 N–H and O–H groups in total. The van der Waals surface area contributed by atoms with Crippen LogP contribution >= 0.6 is 23.2 Å². The fourth-order valence-corrected chi connectivity index (χ4v) is 3.23. The molecule has 138 valence electrons. The molecule has 0 bridgehead atoms. The van der Waals surface area contributed by atoms with Gasteiger partial charge in [-0.05, 0) is 25.1 Å². The second-order valence-corrected chi connectivity index (χ2v) is 6.65. The van der Waals surface area contributed by atoms with Crippen molar-refractivity contribution < 1.29 is 9.59 Å². The van der Waals surface area contributed by atoms with Crippen LogP contribution in [0.4, 0.5) is 11.6 Å². The topological polar surface area (TPSA) is 96.9 Å². The zero-order valence-corrected chi connectivity index (χ0v) is 16.2. The Hall–Kier alpha value is -2.77. The van der Waals surface area contributed by atoms with E-state index in [2.05, 4.69) is 25.6 Å². The predicted molar refractivity (Wildman–Crippen MR) is 106 cm³/mol. The highest BCUT2D eigenvalue weighted by Crippen LogP contribution is 2.40. The molecule has 0 unspecified atom stereocenters. The van der Waals surface area contributed by atoms with E-state index in [0.717, 1.165) is 0 Å². The minimum Gasteiger partial charge on any atom is -0.310 e. The molecule has 0 aliphatic rings. The Kier molecular flexibility index (Phi) is 5.25. The molecule has 0 saturated carbocycles. The summed E-state index contributed by atoms with van der Waals surface area (Å²) in [6, 6.07) is 6.79. The first-order chi connectivity index (χ1) is 12.8. The highest BCUT2D eigenvalue weighted by atomic mass is 35.5. The molecule has 0 spiro atoms. The number of fused-ring (bicyclic) bond motifs is 1. The molecule has 3 rings (SSSR count). The van der Waals surface area contributed by atoms with Crippen molar-refractivity contribution in [2.45, 2.75) is 20.8 Å². The third-order valence-corrected chi connectivity index (χ3v) is 4.25. The molecule has 2 aromatic heterocycles. The summed E-state index contributed by atoms with van der Waals surface area (Å²) in [5.41, 5.74) is 1.32. The minimum absolute atomic E-state index is 0.261. The number of benzene rings is 1. The van der Waals surface area contributed by atoms with Gasteiger partial charge in [-0.15, -0.1) is 0 Å². The summed E-state index contributed by atoms with van der Waals surface area (Å²) in [5.74, 6) is 0.418. The SMILES string of the molecule is CC(=O)Nc1nc2nc(C)nc(NC(C)=O)c2cc1-c1c(Cl)cccc1Cl. The summed E-state index contributed by atoms with van der Waals surface area (Å²) in [6.07, 6.45) is 0. The third-order valence-electron chi connectivity index (χ3n) is 3.62. The summed E-state index contributed by atoms with van der Waals surface area (Å²) >= 11 is 12.7. The number of carbonyl (C=O) groups is 2. The Labute approximate surface area is 165 Å². The second-order valence-electron chi connectivity index (χ2n) is 5.83. The molecular weight excluding hydrogens is 389 g/mol. The lowest BCUT2D eigenvalue weighted by atomic mass is 10.0. The lowest BCUT2D eigenvalue weighted by Gasteiger charge is -2.15. The van der Waals surface area contributed by atoms with Crippen LogP contribution in [0, 0.1) is 6.92 Å². The van der Waals surface area contributed by atoms with E-state index < -0.39 is 0 Å². The first-order valence-electron chi connectivity index (χ1n) is 7.95. The van der Waals surface area contributed by atoms with Gasteiger partial charge in [0, 0.05) is 25.0 Å². The molecule has 0 saturated heterocycles. The van der Waals surface area contributed by atoms with E-state index >= 15 is 0 Å². The number of hydrogen-bond donors (Lipinski definition) is 2. The Morgan fingerprint density at radius 1 is 0.926 bits per heavy atom. The maximum atomic E-state index is 11.7. The van der Waals surface area contributed by atoms with Gasteiger partial charge in [0.2, 0.25) is 11.8 Å². The average molecular weight is 404 g/mol. The number of hydrogen-bond acceptors (Lipinski definition) is 5. The summed E-state index contributed by atoms with van der Waals surface area (Å²) in [5, 5.41) is 6.64. The van der Waals surface area contributed by atoms with Gasteiger partial charge in [-0.3, -0.25) is 9.59 Å². The van der Waals surface area contributed by atoms with Gasteiger partial charge in [-0.2, -0.15) is 0 Å². The molecule has 9 heteroatoms. The largest absolute Gasteiger partial charge is 0.310 e. The maximum absolute atomic E-state index is 11.7. The molecule has 2 heterocycles. The predicted octanol–water partition coefficient (Wildman–Crippen LogP) is 4.22. The van der Waals surface area contributed by atoms with Gasteiger partial charge in [0.1, 0.15) is 17.5 Å². The van der Waals surface area contributed by atoms with Gasteiger partial charge in [-0.25, -0.2) is 15.0 Å². The van der Waals surface area contributed by atoms with E-state index in [0.29, 0.717) is 43.8 Å². The van der Waals surface area contributed by atoms with Gasteiger partial charge in [0.05, 0.1) is 15.4 Å². The number of carbonyl (C=O) groups excluding carboxylic acids is 2. The number of nitrogens with zero attached hydrogens (tertiary/aromatic N) is 3. The zero-order chi connectivity index (χ0) is 19.7. The van der Waals surface area contributed by atoms with Gasteiger partial charge in [-0.1, -0.05) is 29.3 Å². The molecule has 0 fully saturated rings. The molecule has 0 radical (unpaired) electrons. The molecule has 7 nitrogen and oxygen atoms in total. The van der Waals surface area contributed by atoms with Gasteiger partial charge >= 0.3 is 0 Å². The molecule has 0 aliphatic heterocycles. The van der Waals surface area contributed by atoms with Crippen molar-refractivity contribution in [3.63, 3.8) is 0 Å². The average Bonchev–Trinajstić information content (AvgIpc) is 2.54. The first kappa shape index (κ1) is 19.0. The summed E-state index contributed by atoms with van der Waals surface area (Å²) < 4.78 is 0. The number of aryl methyl sites for hydroxylation is 1. The van der Waals surface area contributed by atoms with Gasteiger partial charge < -0.3 is 10.6 Å². The number of aromatic nitrogens is 3. The minimum atomic E-state index is -0.306. The normalized spacial score (nSPS) is 10.7. The highest BCUT2D eigenvalue weighted by Gasteiger charge is 2.19. The number of rotatable bonds is 3. The van der Waals surface area contributed by atoms with E-state index in [1.165, 1.54) is 13.8 Å². The quantitative estimate of drug-likeness (QED) is 0.681.